The fraction of sp³-hybridized carbons (Fsp3) is 0.370. The van der Waals surface area contributed by atoms with Crippen LogP contribution in [-0.2, 0) is 11.3 Å². The Hall–Kier alpha value is -3.94. The maximum Gasteiger partial charge on any atom is 0.573 e. The number of alkyl halides is 3. The van der Waals surface area contributed by atoms with E-state index >= 15 is 0 Å². The van der Waals surface area contributed by atoms with E-state index in [9.17, 15) is 13.2 Å². The van der Waals surface area contributed by atoms with Gasteiger partial charge in [0, 0.05) is 42.4 Å². The molecule has 0 radical (unpaired) electrons. The van der Waals surface area contributed by atoms with E-state index in [1.807, 2.05) is 18.2 Å². The van der Waals surface area contributed by atoms with Crippen LogP contribution in [0.25, 0.3) is 22.0 Å². The topological polar surface area (TPSA) is 126 Å². The third kappa shape index (κ3) is 9.07. The van der Waals surface area contributed by atoms with Gasteiger partial charge in [-0.3, -0.25) is 5.10 Å². The first-order chi connectivity index (χ1) is 19.4. The number of ether oxygens (including phenoxy) is 3. The van der Waals surface area contributed by atoms with Gasteiger partial charge in [0.05, 0.1) is 37.3 Å². The molecule has 0 saturated carbocycles. The van der Waals surface area contributed by atoms with Gasteiger partial charge in [0.25, 0.3) is 0 Å². The van der Waals surface area contributed by atoms with Crippen LogP contribution in [0.2, 0.25) is 0 Å². The molecule has 0 amide bonds. The van der Waals surface area contributed by atoms with Crippen LogP contribution in [-0.4, -0.2) is 71.4 Å². The van der Waals surface area contributed by atoms with Crippen LogP contribution in [0.5, 0.6) is 11.5 Å². The summed E-state index contributed by atoms with van der Waals surface area (Å²) < 4.78 is 52.9. The number of unbranched alkanes of at least 4 members (excludes halogenated alkanes) is 1. The lowest BCUT2D eigenvalue weighted by atomic mass is 10.1. The Morgan fingerprint density at radius 1 is 0.900 bits per heavy atom. The predicted molar refractivity (Wildman–Crippen MR) is 143 cm³/mol. The Balaban J connectivity index is 1.15. The maximum atomic E-state index is 12.6. The maximum absolute atomic E-state index is 12.6. The minimum absolute atomic E-state index is 0.0266. The summed E-state index contributed by atoms with van der Waals surface area (Å²) in [5, 5.41) is 31.4. The summed E-state index contributed by atoms with van der Waals surface area (Å²) in [6.07, 6.45) is 2.00. The molecule has 2 heterocycles. The van der Waals surface area contributed by atoms with Crippen molar-refractivity contribution in [1.29, 1.82) is 0 Å². The van der Waals surface area contributed by atoms with Gasteiger partial charge in [-0.15, -0.1) is 13.2 Å². The van der Waals surface area contributed by atoms with Gasteiger partial charge in [-0.2, -0.15) is 15.3 Å². The van der Waals surface area contributed by atoms with Gasteiger partial charge < -0.3 is 30.0 Å². The molecular weight excluding hydrogens is 529 g/mol. The number of aromatic amines is 1. The number of nitrogens with one attached hydrogen (secondary N) is 3. The average molecular weight is 561 g/mol. The third-order valence-electron chi connectivity index (χ3n) is 5.79. The molecule has 0 aliphatic rings. The molecule has 0 bridgehead atoms. The molecule has 0 aliphatic carbocycles. The Bertz CT molecular complexity index is 1340. The summed E-state index contributed by atoms with van der Waals surface area (Å²) in [4.78, 5) is 0. The molecule has 40 heavy (non-hydrogen) atoms. The summed E-state index contributed by atoms with van der Waals surface area (Å²) in [6, 6.07) is 10.0. The minimum Gasteiger partial charge on any atom is -0.491 e. The molecule has 4 N–H and O–H groups in total. The number of aliphatic hydroxyl groups is 1. The van der Waals surface area contributed by atoms with Crippen molar-refractivity contribution in [3.05, 3.63) is 60.6 Å². The van der Waals surface area contributed by atoms with Gasteiger partial charge in [0.2, 0.25) is 0 Å². The number of nitrogens with zero attached hydrogens (tertiary/aromatic N) is 3. The highest BCUT2D eigenvalue weighted by molar-refractivity contribution is 5.95. The second-order valence-corrected chi connectivity index (χ2v) is 8.84. The highest BCUT2D eigenvalue weighted by Gasteiger charge is 2.31. The zero-order valence-electron chi connectivity index (χ0n) is 21.7. The summed E-state index contributed by atoms with van der Waals surface area (Å²) in [5.41, 5.74) is 4.39. The predicted octanol–water partition coefficient (Wildman–Crippen LogP) is 4.29. The van der Waals surface area contributed by atoms with Crippen molar-refractivity contribution in [2.75, 3.05) is 44.8 Å². The van der Waals surface area contributed by atoms with Crippen LogP contribution >= 0.6 is 0 Å². The molecule has 4 aromatic rings. The molecule has 13 heteroatoms. The second-order valence-electron chi connectivity index (χ2n) is 8.84. The number of halogens is 3. The lowest BCUT2D eigenvalue weighted by Crippen LogP contribution is -2.18. The first kappa shape index (κ1) is 29.1. The number of rotatable bonds is 16. The first-order valence-electron chi connectivity index (χ1n) is 12.8. The summed E-state index contributed by atoms with van der Waals surface area (Å²) >= 11 is 0. The Labute approximate surface area is 228 Å². The smallest absolute Gasteiger partial charge is 0.491 e. The molecule has 0 unspecified atom stereocenters. The Morgan fingerprint density at radius 2 is 1.77 bits per heavy atom. The Morgan fingerprint density at radius 3 is 2.58 bits per heavy atom. The molecule has 0 aliphatic heterocycles. The molecule has 0 spiro atoms. The van der Waals surface area contributed by atoms with Crippen molar-refractivity contribution in [2.24, 2.45) is 0 Å². The lowest BCUT2D eigenvalue weighted by molar-refractivity contribution is -0.274. The van der Waals surface area contributed by atoms with Gasteiger partial charge in [-0.05, 0) is 60.8 Å². The molecule has 0 atom stereocenters. The van der Waals surface area contributed by atoms with Crippen molar-refractivity contribution in [3.63, 3.8) is 0 Å². The van der Waals surface area contributed by atoms with Crippen LogP contribution in [0, 0.1) is 0 Å². The van der Waals surface area contributed by atoms with Gasteiger partial charge in [0.15, 0.2) is 0 Å². The van der Waals surface area contributed by atoms with E-state index in [1.54, 1.807) is 24.7 Å². The second kappa shape index (κ2) is 14.4. The van der Waals surface area contributed by atoms with E-state index < -0.39 is 6.36 Å². The Kier molecular flexibility index (Phi) is 10.5. The van der Waals surface area contributed by atoms with Gasteiger partial charge >= 0.3 is 6.36 Å². The monoisotopic (exact) mass is 560 g/mol. The molecule has 0 fully saturated rings. The minimum atomic E-state index is -4.80. The highest BCUT2D eigenvalue weighted by atomic mass is 19.4. The number of hydrogen-bond acceptors (Lipinski definition) is 9. The highest BCUT2D eigenvalue weighted by Crippen LogP contribution is 2.30. The van der Waals surface area contributed by atoms with Crippen molar-refractivity contribution < 1.29 is 32.5 Å². The number of fused-ring (bicyclic) bond motifs is 1. The third-order valence-corrected chi connectivity index (χ3v) is 5.79. The van der Waals surface area contributed by atoms with Crippen molar-refractivity contribution in [1.82, 2.24) is 25.7 Å². The molecule has 10 nitrogen and oxygen atoms in total. The van der Waals surface area contributed by atoms with Gasteiger partial charge in [-0.25, -0.2) is 0 Å². The fourth-order valence-corrected chi connectivity index (χ4v) is 4.04. The summed E-state index contributed by atoms with van der Waals surface area (Å²) in [6.45, 7) is 2.45. The summed E-state index contributed by atoms with van der Waals surface area (Å²) in [5.74, 6) is -0.166. The molecule has 214 valence electrons. The van der Waals surface area contributed by atoms with Crippen LogP contribution in [0.3, 0.4) is 0 Å². The molecule has 4 rings (SSSR count). The fourth-order valence-electron chi connectivity index (χ4n) is 4.04. The average Bonchev–Trinajstić information content (AvgIpc) is 3.41. The number of H-pyrrole nitrogens is 1. The zero-order valence-corrected chi connectivity index (χ0v) is 21.7. The van der Waals surface area contributed by atoms with Crippen molar-refractivity contribution in [2.45, 2.75) is 25.7 Å². The molecule has 0 saturated heterocycles. The summed E-state index contributed by atoms with van der Waals surface area (Å²) in [7, 11) is 0. The lowest BCUT2D eigenvalue weighted by Gasteiger charge is -2.14. The number of aromatic nitrogens is 4. The van der Waals surface area contributed by atoms with Crippen LogP contribution in [0.1, 0.15) is 18.4 Å². The first-order valence-corrected chi connectivity index (χ1v) is 12.8. The van der Waals surface area contributed by atoms with Crippen LogP contribution in [0.15, 0.2) is 55.0 Å². The standard InChI is InChI=1S/C27H31F3N6O4/c28-27(29,30)40-23-12-19(11-22(15-23)39-10-7-37)16-31-4-1-2-8-38-9-6-32-25-13-21(20-3-5-33-34-17-20)14-26-24(25)18-35-36-26/h3,5,11-15,17-18,31-32,37H,1-2,4,6-10,16H2,(H,35,36). The van der Waals surface area contributed by atoms with Crippen molar-refractivity contribution in [3.8, 4) is 22.6 Å². The van der Waals surface area contributed by atoms with Gasteiger partial charge in [0.1, 0.15) is 18.1 Å². The van der Waals surface area contributed by atoms with Crippen LogP contribution < -0.4 is 20.1 Å². The molecular formula is C27H31F3N6O4. The van der Waals surface area contributed by atoms with Gasteiger partial charge in [-0.1, -0.05) is 0 Å². The van der Waals surface area contributed by atoms with Crippen molar-refractivity contribution >= 4 is 16.6 Å². The number of hydrogen-bond donors (Lipinski definition) is 4. The van der Waals surface area contributed by atoms with Crippen LogP contribution in [0.4, 0.5) is 18.9 Å². The van der Waals surface area contributed by atoms with E-state index in [0.717, 1.165) is 46.6 Å². The molecule has 2 aromatic carbocycles. The van der Waals surface area contributed by atoms with E-state index in [1.165, 1.54) is 6.07 Å². The number of aliphatic hydroxyl groups excluding tert-OH is 1. The number of anilines is 1. The van der Waals surface area contributed by atoms with E-state index in [4.69, 9.17) is 14.6 Å². The normalized spacial score (nSPS) is 11.6. The zero-order chi connectivity index (χ0) is 28.2. The van der Waals surface area contributed by atoms with E-state index in [-0.39, 0.29) is 24.7 Å². The van der Waals surface area contributed by atoms with E-state index in [0.29, 0.717) is 38.4 Å². The SMILES string of the molecule is OCCOc1cc(CNCCCCOCCNc2cc(-c3ccnnc3)cc3[nH]ncc23)cc(OC(F)(F)F)c1. The van der Waals surface area contributed by atoms with E-state index in [2.05, 4.69) is 35.8 Å². The largest absolute Gasteiger partial charge is 0.573 e. The number of benzene rings is 2. The molecule has 2 aromatic heterocycles. The quantitative estimate of drug-likeness (QED) is 0.149.